The van der Waals surface area contributed by atoms with Gasteiger partial charge >= 0.3 is 6.09 Å². The number of amides is 1. The third-order valence-electron chi connectivity index (χ3n) is 3.83. The van der Waals surface area contributed by atoms with E-state index in [0.717, 1.165) is 0 Å². The van der Waals surface area contributed by atoms with Gasteiger partial charge in [-0.25, -0.2) is 9.78 Å². The molecule has 0 N–H and O–H groups in total. The largest absolute Gasteiger partial charge is 0.466 e. The first-order valence-electron chi connectivity index (χ1n) is 8.36. The first-order chi connectivity index (χ1) is 12.6. The highest BCUT2D eigenvalue weighted by atomic mass is 16.6. The van der Waals surface area contributed by atoms with Crippen molar-refractivity contribution in [2.24, 2.45) is 5.41 Å². The van der Waals surface area contributed by atoms with Crippen LogP contribution in [0.25, 0.3) is 0 Å². The zero-order valence-electron chi connectivity index (χ0n) is 16.0. The Bertz CT molecular complexity index is 766. The van der Waals surface area contributed by atoms with Crippen LogP contribution < -0.4 is 4.74 Å². The minimum absolute atomic E-state index is 0.0343. The number of nitrogens with zero attached hydrogens (tertiary/aromatic N) is 4. The van der Waals surface area contributed by atoms with Gasteiger partial charge in [0.1, 0.15) is 5.75 Å². The van der Waals surface area contributed by atoms with Gasteiger partial charge in [0.15, 0.2) is 6.10 Å². The van der Waals surface area contributed by atoms with Crippen molar-refractivity contribution in [1.29, 1.82) is 0 Å². The maximum atomic E-state index is 12.2. The molecule has 0 spiro atoms. The Kier molecular flexibility index (Phi) is 6.04. The van der Waals surface area contributed by atoms with E-state index in [1.807, 2.05) is 20.8 Å². The van der Waals surface area contributed by atoms with Crippen molar-refractivity contribution < 1.29 is 19.2 Å². The molecule has 0 aliphatic heterocycles. The second kappa shape index (κ2) is 8.07. The molecular weight excluding hydrogens is 352 g/mol. The van der Waals surface area contributed by atoms with Gasteiger partial charge in [-0.05, 0) is 12.1 Å². The summed E-state index contributed by atoms with van der Waals surface area (Å²) in [5, 5.41) is 10.8. The number of aromatic nitrogens is 2. The Morgan fingerprint density at radius 3 is 2.33 bits per heavy atom. The second-order valence-corrected chi connectivity index (χ2v) is 7.33. The SMILES string of the molecule is CN(C)C(=O)OC(C(Oc1ccc([N+](=O)[O-])cc1)n1ccnc1)C(C)(C)C. The summed E-state index contributed by atoms with van der Waals surface area (Å²) >= 11 is 0. The molecular formula is C18H24N4O5. The van der Waals surface area contributed by atoms with Crippen LogP contribution in [0.5, 0.6) is 5.75 Å². The zero-order chi connectivity index (χ0) is 20.2. The Morgan fingerprint density at radius 1 is 1.26 bits per heavy atom. The van der Waals surface area contributed by atoms with Gasteiger partial charge in [0.25, 0.3) is 5.69 Å². The number of nitro benzene ring substituents is 1. The van der Waals surface area contributed by atoms with Crippen molar-refractivity contribution in [2.45, 2.75) is 33.1 Å². The lowest BCUT2D eigenvalue weighted by molar-refractivity contribution is -0.384. The molecule has 0 radical (unpaired) electrons. The van der Waals surface area contributed by atoms with Crippen LogP contribution >= 0.6 is 0 Å². The molecule has 1 amide bonds. The standard InChI is InChI=1S/C18H24N4O5/c1-18(2,3)15(27-17(23)20(4)5)16(21-11-10-19-12-21)26-14-8-6-13(7-9-14)22(24)25/h6-12,15-16H,1-5H3. The molecule has 0 aliphatic rings. The molecule has 1 aromatic carbocycles. The molecule has 2 unspecified atom stereocenters. The first-order valence-corrected chi connectivity index (χ1v) is 8.36. The molecule has 2 aromatic rings. The van der Waals surface area contributed by atoms with Gasteiger partial charge in [0.2, 0.25) is 6.23 Å². The second-order valence-electron chi connectivity index (χ2n) is 7.33. The molecule has 0 saturated carbocycles. The van der Waals surface area contributed by atoms with Crippen LogP contribution in [0.1, 0.15) is 27.0 Å². The lowest BCUT2D eigenvalue weighted by Gasteiger charge is -2.37. The van der Waals surface area contributed by atoms with E-state index in [-0.39, 0.29) is 5.69 Å². The Labute approximate surface area is 157 Å². The third-order valence-corrected chi connectivity index (χ3v) is 3.83. The summed E-state index contributed by atoms with van der Waals surface area (Å²) in [6.45, 7) is 5.80. The van der Waals surface area contributed by atoms with Crippen LogP contribution in [0.2, 0.25) is 0 Å². The average molecular weight is 376 g/mol. The molecule has 9 nitrogen and oxygen atoms in total. The Balaban J connectivity index is 2.36. The number of imidazole rings is 1. The highest BCUT2D eigenvalue weighted by molar-refractivity contribution is 5.67. The predicted molar refractivity (Wildman–Crippen MR) is 98.4 cm³/mol. The van der Waals surface area contributed by atoms with Crippen LogP contribution in [0.15, 0.2) is 43.0 Å². The van der Waals surface area contributed by atoms with E-state index in [2.05, 4.69) is 4.98 Å². The summed E-state index contributed by atoms with van der Waals surface area (Å²) in [6, 6.07) is 5.74. The summed E-state index contributed by atoms with van der Waals surface area (Å²) in [7, 11) is 3.21. The van der Waals surface area contributed by atoms with Crippen molar-refractivity contribution >= 4 is 11.8 Å². The van der Waals surface area contributed by atoms with E-state index >= 15 is 0 Å². The van der Waals surface area contributed by atoms with Crippen molar-refractivity contribution in [3.63, 3.8) is 0 Å². The van der Waals surface area contributed by atoms with Crippen LogP contribution in [-0.4, -0.2) is 45.7 Å². The van der Waals surface area contributed by atoms with Gasteiger partial charge in [0.05, 0.1) is 11.3 Å². The topological polar surface area (TPSA) is 99.7 Å². The fraction of sp³-hybridized carbons (Fsp3) is 0.444. The number of hydrogen-bond acceptors (Lipinski definition) is 6. The molecule has 0 saturated heterocycles. The van der Waals surface area contributed by atoms with Crippen LogP contribution in [0.4, 0.5) is 10.5 Å². The fourth-order valence-electron chi connectivity index (χ4n) is 2.36. The van der Waals surface area contributed by atoms with E-state index in [4.69, 9.17) is 9.47 Å². The molecule has 1 heterocycles. The molecule has 2 rings (SSSR count). The molecule has 1 aromatic heterocycles. The number of rotatable bonds is 6. The Morgan fingerprint density at radius 2 is 1.89 bits per heavy atom. The zero-order valence-corrected chi connectivity index (χ0v) is 16.0. The number of carbonyl (C=O) groups excluding carboxylic acids is 1. The van der Waals surface area contributed by atoms with Gasteiger partial charge in [-0.2, -0.15) is 0 Å². The third kappa shape index (κ3) is 5.19. The van der Waals surface area contributed by atoms with Crippen molar-refractivity contribution in [3.05, 3.63) is 53.1 Å². The average Bonchev–Trinajstić information content (AvgIpc) is 3.11. The van der Waals surface area contributed by atoms with Gasteiger partial charge < -0.3 is 14.4 Å². The summed E-state index contributed by atoms with van der Waals surface area (Å²) in [6.07, 6.45) is 3.01. The minimum Gasteiger partial charge on any atom is -0.466 e. The first kappa shape index (κ1) is 20.2. The highest BCUT2D eigenvalue weighted by Gasteiger charge is 2.39. The van der Waals surface area contributed by atoms with Crippen LogP contribution in [-0.2, 0) is 4.74 Å². The van der Waals surface area contributed by atoms with Crippen molar-refractivity contribution in [3.8, 4) is 5.75 Å². The van der Waals surface area contributed by atoms with Gasteiger partial charge in [-0.1, -0.05) is 20.8 Å². The van der Waals surface area contributed by atoms with Crippen molar-refractivity contribution in [2.75, 3.05) is 14.1 Å². The van der Waals surface area contributed by atoms with Gasteiger partial charge in [-0.3, -0.25) is 14.7 Å². The number of carbonyl (C=O) groups is 1. The highest BCUT2D eigenvalue weighted by Crippen LogP contribution is 2.34. The number of ether oxygens (including phenoxy) is 2. The predicted octanol–water partition coefficient (Wildman–Crippen LogP) is 3.48. The van der Waals surface area contributed by atoms with Gasteiger partial charge in [0, 0.05) is 44.0 Å². The van der Waals surface area contributed by atoms with Crippen LogP contribution in [0, 0.1) is 15.5 Å². The quantitative estimate of drug-likeness (QED) is 0.565. The van der Waals surface area contributed by atoms with E-state index in [1.54, 1.807) is 37.4 Å². The minimum atomic E-state index is -0.710. The normalized spacial score (nSPS) is 13.5. The van der Waals surface area contributed by atoms with E-state index in [1.165, 1.54) is 29.2 Å². The molecule has 146 valence electrons. The Hall–Kier alpha value is -3.10. The molecule has 27 heavy (non-hydrogen) atoms. The summed E-state index contributed by atoms with van der Waals surface area (Å²) < 4.78 is 13.5. The molecule has 9 heteroatoms. The molecule has 0 fully saturated rings. The lowest BCUT2D eigenvalue weighted by Crippen LogP contribution is -2.43. The van der Waals surface area contributed by atoms with Gasteiger partial charge in [-0.15, -0.1) is 0 Å². The summed E-state index contributed by atoms with van der Waals surface area (Å²) in [5.74, 6) is 0.412. The summed E-state index contributed by atoms with van der Waals surface area (Å²) in [4.78, 5) is 27.9. The molecule has 2 atom stereocenters. The number of hydrogen-bond donors (Lipinski definition) is 0. The fourth-order valence-corrected chi connectivity index (χ4v) is 2.36. The lowest BCUT2D eigenvalue weighted by atomic mass is 9.87. The van der Waals surface area contributed by atoms with E-state index in [0.29, 0.717) is 5.75 Å². The monoisotopic (exact) mass is 376 g/mol. The number of benzene rings is 1. The van der Waals surface area contributed by atoms with Crippen LogP contribution in [0.3, 0.4) is 0 Å². The number of nitro groups is 1. The van der Waals surface area contributed by atoms with E-state index < -0.39 is 28.8 Å². The molecule has 0 bridgehead atoms. The smallest absolute Gasteiger partial charge is 0.409 e. The van der Waals surface area contributed by atoms with Crippen molar-refractivity contribution in [1.82, 2.24) is 14.5 Å². The maximum Gasteiger partial charge on any atom is 0.409 e. The maximum absolute atomic E-state index is 12.2. The molecule has 0 aliphatic carbocycles. The van der Waals surface area contributed by atoms with E-state index in [9.17, 15) is 14.9 Å². The number of non-ortho nitro benzene ring substituents is 1. The summed E-state index contributed by atoms with van der Waals surface area (Å²) in [5.41, 5.74) is -0.491.